The number of aryl methyl sites for hydroxylation is 1. The van der Waals surface area contributed by atoms with Gasteiger partial charge in [0.1, 0.15) is 0 Å². The van der Waals surface area contributed by atoms with E-state index in [2.05, 4.69) is 17.0 Å². The summed E-state index contributed by atoms with van der Waals surface area (Å²) < 4.78 is 0. The van der Waals surface area contributed by atoms with E-state index in [0.717, 1.165) is 18.7 Å². The predicted octanol–water partition coefficient (Wildman–Crippen LogP) is 4.17. The number of carbonyl (C=O) groups is 1. The topological polar surface area (TPSA) is 66.7 Å². The van der Waals surface area contributed by atoms with Crippen LogP contribution in [0.15, 0.2) is 42.5 Å². The van der Waals surface area contributed by atoms with Crippen LogP contribution >= 0.6 is 0 Å². The molecule has 0 bridgehead atoms. The molecule has 0 spiro atoms. The van der Waals surface area contributed by atoms with E-state index in [-0.39, 0.29) is 11.6 Å². The Morgan fingerprint density at radius 3 is 2.52 bits per heavy atom. The zero-order chi connectivity index (χ0) is 19.4. The summed E-state index contributed by atoms with van der Waals surface area (Å²) in [5.41, 5.74) is 3.30. The molecule has 0 unspecified atom stereocenters. The van der Waals surface area contributed by atoms with E-state index in [1.165, 1.54) is 37.1 Å². The summed E-state index contributed by atoms with van der Waals surface area (Å²) in [6.07, 6.45) is 3.67. The lowest BCUT2D eigenvalue weighted by Crippen LogP contribution is -2.32. The van der Waals surface area contributed by atoms with Crippen molar-refractivity contribution < 1.29 is 9.72 Å². The summed E-state index contributed by atoms with van der Waals surface area (Å²) in [7, 11) is 1.77. The van der Waals surface area contributed by atoms with Gasteiger partial charge in [-0.15, -0.1) is 0 Å². The number of hydrogen-bond donors (Lipinski definition) is 0. The summed E-state index contributed by atoms with van der Waals surface area (Å²) in [6, 6.07) is 12.7. The Labute approximate surface area is 159 Å². The van der Waals surface area contributed by atoms with Crippen LogP contribution in [0.1, 0.15) is 40.7 Å². The number of rotatable bonds is 5. The molecule has 1 heterocycles. The molecule has 1 aliphatic rings. The fourth-order valence-electron chi connectivity index (χ4n) is 3.63. The third-order valence-corrected chi connectivity index (χ3v) is 5.08. The van der Waals surface area contributed by atoms with Crippen molar-refractivity contribution in [1.29, 1.82) is 0 Å². The Morgan fingerprint density at radius 1 is 1.15 bits per heavy atom. The van der Waals surface area contributed by atoms with Gasteiger partial charge in [0.15, 0.2) is 0 Å². The van der Waals surface area contributed by atoms with Gasteiger partial charge in [-0.25, -0.2) is 0 Å². The molecule has 2 aromatic carbocycles. The Kier molecular flexibility index (Phi) is 5.74. The highest BCUT2D eigenvalue weighted by Crippen LogP contribution is 2.26. The molecule has 1 saturated heterocycles. The van der Waals surface area contributed by atoms with Gasteiger partial charge >= 0.3 is 0 Å². The van der Waals surface area contributed by atoms with Crippen molar-refractivity contribution in [3.8, 4) is 0 Å². The molecule has 6 nitrogen and oxygen atoms in total. The molecule has 1 amide bonds. The van der Waals surface area contributed by atoms with Crippen LogP contribution in [0.5, 0.6) is 0 Å². The lowest BCUT2D eigenvalue weighted by atomic mass is 10.1. The predicted molar refractivity (Wildman–Crippen MR) is 106 cm³/mol. The van der Waals surface area contributed by atoms with Gasteiger partial charge in [0.2, 0.25) is 0 Å². The molecular weight excluding hydrogens is 342 g/mol. The van der Waals surface area contributed by atoms with Gasteiger partial charge in [-0.3, -0.25) is 14.9 Å². The SMILES string of the molecule is Cc1cc(C(=O)N(C)Cc2ccccc2N2CCCCC2)ccc1[N+](=O)[O-]. The molecule has 0 radical (unpaired) electrons. The average molecular weight is 367 g/mol. The van der Waals surface area contributed by atoms with Crippen LogP contribution in [-0.4, -0.2) is 35.9 Å². The monoisotopic (exact) mass is 367 g/mol. The van der Waals surface area contributed by atoms with Crippen LogP contribution in [0.4, 0.5) is 11.4 Å². The first-order valence-corrected chi connectivity index (χ1v) is 9.30. The van der Waals surface area contributed by atoms with Crippen LogP contribution in [0, 0.1) is 17.0 Å². The standard InChI is InChI=1S/C21H25N3O3/c1-16-14-17(10-11-19(16)24(26)27)21(25)22(2)15-18-8-4-5-9-20(18)23-12-6-3-7-13-23/h4-5,8-11,14H,3,6-7,12-13,15H2,1-2H3. The number of amides is 1. The molecule has 0 N–H and O–H groups in total. The maximum Gasteiger partial charge on any atom is 0.272 e. The highest BCUT2D eigenvalue weighted by Gasteiger charge is 2.19. The first-order chi connectivity index (χ1) is 13.0. The lowest BCUT2D eigenvalue weighted by molar-refractivity contribution is -0.385. The Bertz CT molecular complexity index is 844. The molecule has 6 heteroatoms. The fraction of sp³-hybridized carbons (Fsp3) is 0.381. The van der Waals surface area contributed by atoms with Crippen LogP contribution in [0.2, 0.25) is 0 Å². The maximum absolute atomic E-state index is 12.8. The highest BCUT2D eigenvalue weighted by atomic mass is 16.6. The van der Waals surface area contributed by atoms with Gasteiger partial charge < -0.3 is 9.80 Å². The van der Waals surface area contributed by atoms with E-state index in [1.807, 2.05) is 12.1 Å². The van der Waals surface area contributed by atoms with Gasteiger partial charge in [-0.05, 0) is 49.9 Å². The molecule has 0 aliphatic carbocycles. The van der Waals surface area contributed by atoms with Crippen LogP contribution in [-0.2, 0) is 6.54 Å². The zero-order valence-electron chi connectivity index (χ0n) is 15.9. The third kappa shape index (κ3) is 4.27. The van der Waals surface area contributed by atoms with Crippen molar-refractivity contribution >= 4 is 17.3 Å². The number of piperidine rings is 1. The van der Waals surface area contributed by atoms with Crippen molar-refractivity contribution in [3.05, 3.63) is 69.3 Å². The smallest absolute Gasteiger partial charge is 0.272 e. The van der Waals surface area contributed by atoms with E-state index >= 15 is 0 Å². The molecule has 0 atom stereocenters. The summed E-state index contributed by atoms with van der Waals surface area (Å²) in [5.74, 6) is -0.138. The second-order valence-electron chi connectivity index (χ2n) is 7.10. The van der Waals surface area contributed by atoms with E-state index in [9.17, 15) is 14.9 Å². The molecule has 27 heavy (non-hydrogen) atoms. The number of nitro benzene ring substituents is 1. The molecular formula is C21H25N3O3. The highest BCUT2D eigenvalue weighted by molar-refractivity contribution is 5.94. The summed E-state index contributed by atoms with van der Waals surface area (Å²) in [4.78, 5) is 27.4. The lowest BCUT2D eigenvalue weighted by Gasteiger charge is -2.31. The fourth-order valence-corrected chi connectivity index (χ4v) is 3.63. The van der Waals surface area contributed by atoms with Crippen LogP contribution < -0.4 is 4.90 Å². The van der Waals surface area contributed by atoms with E-state index < -0.39 is 4.92 Å². The Morgan fingerprint density at radius 2 is 1.85 bits per heavy atom. The van der Waals surface area contributed by atoms with E-state index in [4.69, 9.17) is 0 Å². The summed E-state index contributed by atoms with van der Waals surface area (Å²) >= 11 is 0. The number of hydrogen-bond acceptors (Lipinski definition) is 4. The number of anilines is 1. The average Bonchev–Trinajstić information content (AvgIpc) is 2.68. The number of nitrogens with zero attached hydrogens (tertiary/aromatic N) is 3. The van der Waals surface area contributed by atoms with Crippen LogP contribution in [0.3, 0.4) is 0 Å². The maximum atomic E-state index is 12.8. The first-order valence-electron chi connectivity index (χ1n) is 9.30. The molecule has 1 fully saturated rings. The molecule has 2 aromatic rings. The number of benzene rings is 2. The minimum atomic E-state index is -0.428. The van der Waals surface area contributed by atoms with Gasteiger partial charge in [-0.1, -0.05) is 18.2 Å². The van der Waals surface area contributed by atoms with Crippen molar-refractivity contribution in [1.82, 2.24) is 4.90 Å². The zero-order valence-corrected chi connectivity index (χ0v) is 15.9. The first kappa shape index (κ1) is 18.9. The van der Waals surface area contributed by atoms with Crippen molar-refractivity contribution in [2.45, 2.75) is 32.7 Å². The van der Waals surface area contributed by atoms with Crippen molar-refractivity contribution in [3.63, 3.8) is 0 Å². The van der Waals surface area contributed by atoms with Gasteiger partial charge in [0, 0.05) is 49.6 Å². The molecule has 0 saturated carbocycles. The summed E-state index contributed by atoms with van der Waals surface area (Å²) in [5, 5.41) is 11.0. The second kappa shape index (κ2) is 8.20. The number of carbonyl (C=O) groups excluding carboxylic acids is 1. The normalized spacial score (nSPS) is 14.1. The van der Waals surface area contributed by atoms with E-state index in [1.54, 1.807) is 24.9 Å². The van der Waals surface area contributed by atoms with E-state index in [0.29, 0.717) is 17.7 Å². The largest absolute Gasteiger partial charge is 0.371 e. The molecule has 142 valence electrons. The minimum Gasteiger partial charge on any atom is -0.371 e. The molecule has 0 aromatic heterocycles. The minimum absolute atomic E-state index is 0.0321. The van der Waals surface area contributed by atoms with Gasteiger partial charge in [0.05, 0.1) is 4.92 Å². The number of para-hydroxylation sites is 1. The Hall–Kier alpha value is -2.89. The third-order valence-electron chi connectivity index (χ3n) is 5.08. The summed E-state index contributed by atoms with van der Waals surface area (Å²) in [6.45, 7) is 4.26. The van der Waals surface area contributed by atoms with Gasteiger partial charge in [-0.2, -0.15) is 0 Å². The van der Waals surface area contributed by atoms with Crippen LogP contribution in [0.25, 0.3) is 0 Å². The van der Waals surface area contributed by atoms with Gasteiger partial charge in [0.25, 0.3) is 11.6 Å². The number of nitro groups is 1. The Balaban J connectivity index is 1.77. The molecule has 1 aliphatic heterocycles. The van der Waals surface area contributed by atoms with Crippen molar-refractivity contribution in [2.24, 2.45) is 0 Å². The second-order valence-corrected chi connectivity index (χ2v) is 7.10. The quantitative estimate of drug-likeness (QED) is 0.588. The van der Waals surface area contributed by atoms with Crippen molar-refractivity contribution in [2.75, 3.05) is 25.0 Å². The molecule has 3 rings (SSSR count).